The van der Waals surface area contributed by atoms with Crippen LogP contribution in [0.2, 0.25) is 0 Å². The number of aliphatic imine (C=N–C) groups is 1. The lowest BCUT2D eigenvalue weighted by molar-refractivity contribution is -0.129. The predicted molar refractivity (Wildman–Crippen MR) is 136 cm³/mol. The van der Waals surface area contributed by atoms with Gasteiger partial charge in [-0.05, 0) is 48.6 Å². The van der Waals surface area contributed by atoms with Gasteiger partial charge in [-0.25, -0.2) is 4.99 Å². The summed E-state index contributed by atoms with van der Waals surface area (Å²) in [6.45, 7) is 5.47. The Morgan fingerprint density at radius 1 is 1.24 bits per heavy atom. The zero-order valence-corrected chi connectivity index (χ0v) is 20.6. The second-order valence-corrected chi connectivity index (χ2v) is 9.95. The topological polar surface area (TPSA) is 80.2 Å². The number of amidine groups is 1. The summed E-state index contributed by atoms with van der Waals surface area (Å²) in [5.41, 5.74) is 2.61. The van der Waals surface area contributed by atoms with Crippen molar-refractivity contribution in [1.29, 1.82) is 0 Å². The number of hydrogen-bond donors (Lipinski definition) is 1. The van der Waals surface area contributed by atoms with Gasteiger partial charge in [-0.1, -0.05) is 49.9 Å². The van der Waals surface area contributed by atoms with Crippen LogP contribution in [0.3, 0.4) is 0 Å². The highest BCUT2D eigenvalue weighted by Crippen LogP contribution is 2.34. The first-order chi connectivity index (χ1) is 16.4. The minimum Gasteiger partial charge on any atom is -0.495 e. The van der Waals surface area contributed by atoms with Crippen LogP contribution < -0.4 is 10.1 Å². The molecule has 2 amide bonds. The summed E-state index contributed by atoms with van der Waals surface area (Å²) in [5, 5.41) is 2.95. The Kier molecular flexibility index (Phi) is 7.90. The minimum atomic E-state index is -0.537. The van der Waals surface area contributed by atoms with Gasteiger partial charge in [0.15, 0.2) is 5.17 Å². The summed E-state index contributed by atoms with van der Waals surface area (Å²) in [5.74, 6) is 0.669. The highest BCUT2D eigenvalue weighted by molar-refractivity contribution is 8.15. The molecular weight excluding hydrogens is 450 g/mol. The Morgan fingerprint density at radius 3 is 2.68 bits per heavy atom. The molecule has 0 bridgehead atoms. The molecule has 2 aromatic carbocycles. The Hall–Kier alpha value is -2.84. The Balaban J connectivity index is 1.50. The highest BCUT2D eigenvalue weighted by Gasteiger charge is 2.40. The van der Waals surface area contributed by atoms with Crippen LogP contribution in [0.4, 0.5) is 11.4 Å². The summed E-state index contributed by atoms with van der Waals surface area (Å²) >= 11 is 1.34. The summed E-state index contributed by atoms with van der Waals surface area (Å²) in [4.78, 5) is 32.6. The van der Waals surface area contributed by atoms with E-state index >= 15 is 0 Å². The quantitative estimate of drug-likeness (QED) is 0.577. The molecular formula is C26H31N3O4S. The summed E-state index contributed by atoms with van der Waals surface area (Å²) < 4.78 is 11.1. The van der Waals surface area contributed by atoms with Gasteiger partial charge in [-0.3, -0.25) is 14.5 Å². The van der Waals surface area contributed by atoms with Gasteiger partial charge in [0.05, 0.1) is 31.1 Å². The van der Waals surface area contributed by atoms with Crippen molar-refractivity contribution in [3.63, 3.8) is 0 Å². The number of ether oxygens (including phenoxy) is 2. The van der Waals surface area contributed by atoms with E-state index in [1.54, 1.807) is 24.1 Å². The smallest absolute Gasteiger partial charge is 0.242 e. The molecule has 0 aromatic heterocycles. The maximum atomic E-state index is 13.3. The van der Waals surface area contributed by atoms with Crippen LogP contribution >= 0.6 is 11.8 Å². The van der Waals surface area contributed by atoms with E-state index in [1.807, 2.05) is 24.3 Å². The fourth-order valence-corrected chi connectivity index (χ4v) is 5.21. The average molecular weight is 482 g/mol. The van der Waals surface area contributed by atoms with E-state index in [0.717, 1.165) is 18.5 Å². The Labute approximate surface area is 204 Å². The number of hydrogen-bond acceptors (Lipinski definition) is 6. The zero-order chi connectivity index (χ0) is 24.1. The molecule has 1 N–H and O–H groups in total. The Bertz CT molecular complexity index is 1050. The highest BCUT2D eigenvalue weighted by atomic mass is 32.2. The van der Waals surface area contributed by atoms with Crippen LogP contribution in [0, 0.1) is 0 Å². The fraction of sp³-hybridized carbons (Fsp3) is 0.423. The van der Waals surface area contributed by atoms with Crippen molar-refractivity contribution in [3.8, 4) is 5.75 Å². The van der Waals surface area contributed by atoms with Crippen LogP contribution in [0.25, 0.3) is 0 Å². The van der Waals surface area contributed by atoms with E-state index in [2.05, 4.69) is 31.3 Å². The SMILES string of the molecule is COc1ccccc1NC(=O)CC1SC(=Nc2ccc(C(C)C)cc2)N(CC2CCCO2)C1=O. The molecule has 2 saturated heterocycles. The van der Waals surface area contributed by atoms with Crippen LogP contribution in [-0.4, -0.2) is 53.5 Å². The Morgan fingerprint density at radius 2 is 2.00 bits per heavy atom. The van der Waals surface area contributed by atoms with Crippen molar-refractivity contribution < 1.29 is 19.1 Å². The van der Waals surface area contributed by atoms with Gasteiger partial charge in [0, 0.05) is 13.0 Å². The molecule has 0 spiro atoms. The number of nitrogens with one attached hydrogen (secondary N) is 1. The molecule has 0 saturated carbocycles. The van der Waals surface area contributed by atoms with E-state index in [-0.39, 0.29) is 24.3 Å². The molecule has 2 aliphatic rings. The molecule has 2 atom stereocenters. The van der Waals surface area contributed by atoms with E-state index < -0.39 is 5.25 Å². The van der Waals surface area contributed by atoms with Crippen molar-refractivity contribution in [1.82, 2.24) is 4.90 Å². The first-order valence-corrected chi connectivity index (χ1v) is 12.5. The number of amides is 2. The van der Waals surface area contributed by atoms with Crippen molar-refractivity contribution in [2.24, 2.45) is 4.99 Å². The molecule has 0 radical (unpaired) electrons. The lowest BCUT2D eigenvalue weighted by Gasteiger charge is -2.20. The van der Waals surface area contributed by atoms with Gasteiger partial charge in [0.1, 0.15) is 11.0 Å². The van der Waals surface area contributed by atoms with E-state index in [9.17, 15) is 9.59 Å². The molecule has 180 valence electrons. The molecule has 8 heteroatoms. The first kappa shape index (κ1) is 24.3. The second-order valence-electron chi connectivity index (χ2n) is 8.78. The number of methoxy groups -OCH3 is 1. The number of anilines is 1. The molecule has 4 rings (SSSR count). The lowest BCUT2D eigenvalue weighted by Crippen LogP contribution is -2.38. The first-order valence-electron chi connectivity index (χ1n) is 11.7. The van der Waals surface area contributed by atoms with Crippen LogP contribution in [0.5, 0.6) is 5.75 Å². The maximum absolute atomic E-state index is 13.3. The molecule has 34 heavy (non-hydrogen) atoms. The summed E-state index contributed by atoms with van der Waals surface area (Å²) in [6, 6.07) is 15.3. The van der Waals surface area contributed by atoms with Gasteiger partial charge >= 0.3 is 0 Å². The monoisotopic (exact) mass is 481 g/mol. The van der Waals surface area contributed by atoms with Gasteiger partial charge in [0.25, 0.3) is 0 Å². The maximum Gasteiger partial charge on any atom is 0.242 e. The number of benzene rings is 2. The van der Waals surface area contributed by atoms with Crippen LogP contribution in [-0.2, 0) is 14.3 Å². The second kappa shape index (κ2) is 11.1. The third-order valence-electron chi connectivity index (χ3n) is 5.97. The normalized spacial score (nSPS) is 21.5. The summed E-state index contributed by atoms with van der Waals surface area (Å²) in [7, 11) is 1.56. The number of rotatable bonds is 8. The van der Waals surface area contributed by atoms with Crippen LogP contribution in [0.1, 0.15) is 44.6 Å². The average Bonchev–Trinajstić information content (AvgIpc) is 3.44. The van der Waals surface area contributed by atoms with Crippen molar-refractivity contribution in [2.45, 2.75) is 50.4 Å². The van der Waals surface area contributed by atoms with E-state index in [1.165, 1.54) is 17.3 Å². The van der Waals surface area contributed by atoms with E-state index in [4.69, 9.17) is 14.5 Å². The lowest BCUT2D eigenvalue weighted by atomic mass is 10.0. The molecule has 0 aliphatic carbocycles. The third kappa shape index (κ3) is 5.80. The fourth-order valence-electron chi connectivity index (χ4n) is 4.05. The van der Waals surface area contributed by atoms with Crippen LogP contribution in [0.15, 0.2) is 53.5 Å². The van der Waals surface area contributed by atoms with Crippen molar-refractivity contribution in [2.75, 3.05) is 25.6 Å². The zero-order valence-electron chi connectivity index (χ0n) is 19.8. The number of nitrogens with zero attached hydrogens (tertiary/aromatic N) is 2. The molecule has 2 aromatic rings. The molecule has 7 nitrogen and oxygen atoms in total. The number of carbonyl (C=O) groups excluding carboxylic acids is 2. The van der Waals surface area contributed by atoms with Crippen molar-refractivity contribution >= 4 is 40.1 Å². The summed E-state index contributed by atoms with van der Waals surface area (Å²) in [6.07, 6.45) is 1.96. The standard InChI is InChI=1S/C26H31N3O4S/c1-17(2)18-10-12-19(13-11-18)27-26-29(16-20-7-6-14-33-20)25(31)23(34-26)15-24(30)28-21-8-4-5-9-22(21)32-3/h4-5,8-13,17,20,23H,6-7,14-16H2,1-3H3,(H,28,30). The molecule has 2 fully saturated rings. The molecule has 2 unspecified atom stereocenters. The largest absolute Gasteiger partial charge is 0.495 e. The van der Waals surface area contributed by atoms with Gasteiger partial charge < -0.3 is 14.8 Å². The van der Waals surface area contributed by atoms with E-state index in [0.29, 0.717) is 35.7 Å². The molecule has 2 heterocycles. The van der Waals surface area contributed by atoms with Gasteiger partial charge in [-0.2, -0.15) is 0 Å². The van der Waals surface area contributed by atoms with Gasteiger partial charge in [-0.15, -0.1) is 0 Å². The third-order valence-corrected chi connectivity index (χ3v) is 7.14. The predicted octanol–water partition coefficient (Wildman–Crippen LogP) is 4.96. The minimum absolute atomic E-state index is 0.000719. The molecule has 2 aliphatic heterocycles. The number of para-hydroxylation sites is 2. The number of thioether (sulfide) groups is 1. The number of carbonyl (C=O) groups is 2. The van der Waals surface area contributed by atoms with Gasteiger partial charge in [0.2, 0.25) is 11.8 Å². The van der Waals surface area contributed by atoms with Crippen molar-refractivity contribution in [3.05, 3.63) is 54.1 Å².